The van der Waals surface area contributed by atoms with Crippen LogP contribution in [-0.2, 0) is 4.79 Å². The van der Waals surface area contributed by atoms with Crippen molar-refractivity contribution < 1.29 is 53.7 Å². The zero-order valence-corrected chi connectivity index (χ0v) is 25.7. The fraction of sp³-hybridized carbons (Fsp3) is 0.194. The molecule has 2 aliphatic rings. The van der Waals surface area contributed by atoms with Crippen LogP contribution >= 0.6 is 23.2 Å². The van der Waals surface area contributed by atoms with Crippen LogP contribution in [-0.4, -0.2) is 23.5 Å². The minimum absolute atomic E-state index is 0. The van der Waals surface area contributed by atoms with Crippen LogP contribution in [0.3, 0.4) is 0 Å². The molecule has 1 fully saturated rings. The number of hydrogen-bond acceptors (Lipinski definition) is 6. The molecular formula is C31H23Cl2N2NaO5. The Morgan fingerprint density at radius 2 is 1.71 bits per heavy atom. The van der Waals surface area contributed by atoms with Crippen molar-refractivity contribution in [1.29, 1.82) is 0 Å². The number of amides is 1. The van der Waals surface area contributed by atoms with Gasteiger partial charge in [-0.1, -0.05) is 41.4 Å². The largest absolute Gasteiger partial charge is 1.00 e. The van der Waals surface area contributed by atoms with Crippen molar-refractivity contribution in [3.63, 3.8) is 0 Å². The van der Waals surface area contributed by atoms with Crippen molar-refractivity contribution in [3.8, 4) is 28.5 Å². The van der Waals surface area contributed by atoms with E-state index in [2.05, 4.69) is 10.3 Å². The summed E-state index contributed by atoms with van der Waals surface area (Å²) in [6.07, 6.45) is 2.21. The zero-order valence-electron chi connectivity index (χ0n) is 22.2. The Bertz CT molecular complexity index is 1610. The predicted octanol–water partition coefficient (Wildman–Crippen LogP) is 3.60. The average Bonchev–Trinajstić information content (AvgIpc) is 3.79. The van der Waals surface area contributed by atoms with Gasteiger partial charge >= 0.3 is 29.6 Å². The van der Waals surface area contributed by atoms with Crippen LogP contribution in [0.15, 0.2) is 72.8 Å². The number of carboxylic acid groups (broad SMARTS) is 1. The molecule has 1 amide bonds. The molecule has 0 bridgehead atoms. The number of carbonyl (C=O) groups is 2. The summed E-state index contributed by atoms with van der Waals surface area (Å²) in [6.45, 7) is 0.285. The summed E-state index contributed by atoms with van der Waals surface area (Å²) in [5.41, 5.74) is 3.34. The number of aliphatic carboxylic acids is 1. The van der Waals surface area contributed by atoms with Gasteiger partial charge in [-0.2, -0.15) is 0 Å². The van der Waals surface area contributed by atoms with E-state index in [1.807, 2.05) is 24.3 Å². The first-order valence-corrected chi connectivity index (χ1v) is 13.6. The third-order valence-electron chi connectivity index (χ3n) is 7.02. The quantitative estimate of drug-likeness (QED) is 0.327. The molecule has 4 aromatic rings. The Morgan fingerprint density at radius 3 is 2.39 bits per heavy atom. The van der Waals surface area contributed by atoms with Crippen LogP contribution < -0.4 is 49.5 Å². The summed E-state index contributed by atoms with van der Waals surface area (Å²) in [7, 11) is 0. The molecule has 1 aromatic heterocycles. The fourth-order valence-corrected chi connectivity index (χ4v) is 5.25. The van der Waals surface area contributed by atoms with Gasteiger partial charge in [-0.15, -0.1) is 0 Å². The Morgan fingerprint density at radius 1 is 0.976 bits per heavy atom. The van der Waals surface area contributed by atoms with Gasteiger partial charge in [0, 0.05) is 39.2 Å². The van der Waals surface area contributed by atoms with Crippen LogP contribution in [0.5, 0.6) is 17.2 Å². The van der Waals surface area contributed by atoms with Crippen molar-refractivity contribution in [2.75, 3.05) is 11.9 Å². The maximum absolute atomic E-state index is 12.9. The number of nitrogens with one attached hydrogen (secondary N) is 1. The van der Waals surface area contributed by atoms with Gasteiger partial charge in [0.25, 0.3) is 5.91 Å². The Hall–Kier alpha value is -3.07. The number of fused-ring (bicyclic) bond motifs is 1. The van der Waals surface area contributed by atoms with Crippen molar-refractivity contribution in [2.45, 2.75) is 31.1 Å². The van der Waals surface area contributed by atoms with Gasteiger partial charge in [0.2, 0.25) is 0 Å². The third kappa shape index (κ3) is 6.40. The van der Waals surface area contributed by atoms with E-state index in [0.717, 1.165) is 24.0 Å². The van der Waals surface area contributed by atoms with E-state index in [-0.39, 0.29) is 48.0 Å². The van der Waals surface area contributed by atoms with Crippen LogP contribution in [0.25, 0.3) is 11.3 Å². The molecule has 41 heavy (non-hydrogen) atoms. The number of nitrogens with zero attached hydrogens (tertiary/aromatic N) is 1. The molecule has 0 saturated heterocycles. The molecule has 1 aliphatic heterocycles. The summed E-state index contributed by atoms with van der Waals surface area (Å²) < 4.78 is 12.1. The Kier molecular flexibility index (Phi) is 8.92. The molecule has 0 spiro atoms. The summed E-state index contributed by atoms with van der Waals surface area (Å²) in [4.78, 5) is 29.2. The standard InChI is InChI=1S/C31H24Cl2N2O5.Na/c32-20-10-6-17(7-11-20)25-2-1-3-26(34-25)35-30(36)19-8-12-21(13-9-19)40-29-24(33)16-23-22(31(37)38)14-15-39-28(23)27(29)18-4-5-18;/h1-3,6-13,16,18,22H,4-5,14-15H2,(H,37,38)(H,34,35,36);/q;+1/p-1. The molecule has 1 unspecified atom stereocenters. The van der Waals surface area contributed by atoms with Gasteiger partial charge in [-0.25, -0.2) is 4.98 Å². The molecule has 6 rings (SSSR count). The fourth-order valence-electron chi connectivity index (χ4n) is 4.87. The number of benzene rings is 3. The number of aromatic nitrogens is 1. The smallest absolute Gasteiger partial charge is 0.549 e. The number of carboxylic acids is 1. The summed E-state index contributed by atoms with van der Waals surface area (Å²) in [5, 5.41) is 15.5. The van der Waals surface area contributed by atoms with Crippen molar-refractivity contribution in [1.82, 2.24) is 4.98 Å². The topological polar surface area (TPSA) is 101 Å². The molecular weight excluding hydrogens is 574 g/mol. The van der Waals surface area contributed by atoms with Crippen LogP contribution in [0.2, 0.25) is 10.0 Å². The second-order valence-electron chi connectivity index (χ2n) is 9.80. The zero-order chi connectivity index (χ0) is 27.8. The van der Waals surface area contributed by atoms with Crippen molar-refractivity contribution in [2.24, 2.45) is 0 Å². The first-order valence-electron chi connectivity index (χ1n) is 12.9. The molecule has 1 saturated carbocycles. The second kappa shape index (κ2) is 12.4. The number of rotatable bonds is 7. The first kappa shape index (κ1) is 29.4. The second-order valence-corrected chi connectivity index (χ2v) is 10.6. The molecule has 202 valence electrons. The van der Waals surface area contributed by atoms with Crippen LogP contribution in [0, 0.1) is 0 Å². The first-order chi connectivity index (χ1) is 19.4. The molecule has 2 heterocycles. The van der Waals surface area contributed by atoms with Crippen molar-refractivity contribution in [3.05, 3.63) is 99.5 Å². The van der Waals surface area contributed by atoms with Crippen LogP contribution in [0.1, 0.15) is 52.6 Å². The minimum atomic E-state index is -1.14. The average molecular weight is 597 g/mol. The van der Waals surface area contributed by atoms with Crippen molar-refractivity contribution >= 4 is 40.9 Å². The molecule has 0 radical (unpaired) electrons. The summed E-state index contributed by atoms with van der Waals surface area (Å²) in [6, 6.07) is 21.0. The third-order valence-corrected chi connectivity index (χ3v) is 7.55. The maximum atomic E-state index is 12.9. The van der Waals surface area contributed by atoms with E-state index < -0.39 is 11.9 Å². The van der Waals surface area contributed by atoms with E-state index in [4.69, 9.17) is 32.7 Å². The number of hydrogen-bond donors (Lipinski definition) is 1. The number of anilines is 1. The SMILES string of the molecule is O=C(Nc1cccc(-c2ccc(Cl)cc2)n1)c1ccc(Oc2c(Cl)cc3c(c2C2CC2)OCCC3C(=O)[O-])cc1.[Na+]. The van der Waals surface area contributed by atoms with Gasteiger partial charge < -0.3 is 24.7 Å². The van der Waals surface area contributed by atoms with Gasteiger partial charge in [-0.05, 0) is 79.8 Å². The maximum Gasteiger partial charge on any atom is 1.00 e. The molecule has 1 aliphatic carbocycles. The monoisotopic (exact) mass is 596 g/mol. The summed E-state index contributed by atoms with van der Waals surface area (Å²) in [5.74, 6) is -0.167. The number of pyridine rings is 1. The molecule has 7 nitrogen and oxygen atoms in total. The molecule has 3 aromatic carbocycles. The van der Waals surface area contributed by atoms with E-state index in [9.17, 15) is 14.7 Å². The van der Waals surface area contributed by atoms with Gasteiger partial charge in [0.15, 0.2) is 5.75 Å². The van der Waals surface area contributed by atoms with Crippen LogP contribution in [0.4, 0.5) is 5.82 Å². The molecule has 1 N–H and O–H groups in total. The number of carbonyl (C=O) groups excluding carboxylic acids is 2. The van der Waals surface area contributed by atoms with Gasteiger partial charge in [0.1, 0.15) is 17.3 Å². The van der Waals surface area contributed by atoms with Gasteiger partial charge in [-0.3, -0.25) is 4.79 Å². The minimum Gasteiger partial charge on any atom is -0.549 e. The van der Waals surface area contributed by atoms with E-state index in [1.54, 1.807) is 48.5 Å². The predicted molar refractivity (Wildman–Crippen MR) is 150 cm³/mol. The van der Waals surface area contributed by atoms with E-state index in [0.29, 0.717) is 56.4 Å². The van der Waals surface area contributed by atoms with E-state index in [1.165, 1.54) is 0 Å². The Labute approximate surface area is 269 Å². The molecule has 10 heteroatoms. The Balaban J connectivity index is 0.00000337. The number of halogens is 2. The number of ether oxygens (including phenoxy) is 2. The molecule has 1 atom stereocenters. The van der Waals surface area contributed by atoms with Gasteiger partial charge in [0.05, 0.1) is 17.3 Å². The summed E-state index contributed by atoms with van der Waals surface area (Å²) >= 11 is 12.6. The van der Waals surface area contributed by atoms with E-state index >= 15 is 0 Å². The normalized spacial score (nSPS) is 15.6.